The molecule has 0 spiro atoms. The molecule has 1 aromatic heterocycles. The van der Waals surface area contributed by atoms with Gasteiger partial charge in [0, 0.05) is 23.8 Å². The third kappa shape index (κ3) is 5.31. The Hall–Kier alpha value is -1.35. The van der Waals surface area contributed by atoms with Gasteiger partial charge in [-0.3, -0.25) is 4.79 Å². The molecule has 0 saturated carbocycles. The number of nitrogens with one attached hydrogen (secondary N) is 1. The van der Waals surface area contributed by atoms with Crippen molar-refractivity contribution >= 4 is 51.4 Å². The van der Waals surface area contributed by atoms with E-state index in [4.69, 9.17) is 16.3 Å². The largest absolute Gasteiger partial charge is 0.372 e. The van der Waals surface area contributed by atoms with Crippen molar-refractivity contribution < 1.29 is 9.53 Å². The normalized spacial score (nSPS) is 20.5. The van der Waals surface area contributed by atoms with E-state index >= 15 is 0 Å². The molecule has 1 saturated heterocycles. The minimum Gasteiger partial charge on any atom is -0.372 e. The maximum atomic E-state index is 12.4. The van der Waals surface area contributed by atoms with E-state index in [2.05, 4.69) is 15.5 Å². The monoisotopic (exact) mass is 398 g/mol. The third-order valence-electron chi connectivity index (χ3n) is 3.57. The number of hydrogen-bond donors (Lipinski definition) is 1. The lowest BCUT2D eigenvalue weighted by atomic mass is 10.2. The van der Waals surface area contributed by atoms with Crippen LogP contribution in [-0.4, -0.2) is 52.1 Å². The molecule has 0 aliphatic carbocycles. The molecule has 2 aromatic rings. The summed E-state index contributed by atoms with van der Waals surface area (Å²) in [5, 5.41) is 12.7. The van der Waals surface area contributed by atoms with Gasteiger partial charge < -0.3 is 15.0 Å². The highest BCUT2D eigenvalue weighted by molar-refractivity contribution is 8.01. The van der Waals surface area contributed by atoms with Crippen molar-refractivity contribution in [3.63, 3.8) is 0 Å². The minimum atomic E-state index is 0.0766. The summed E-state index contributed by atoms with van der Waals surface area (Å²) in [6.45, 7) is 5.26. The standard InChI is InChI=1S/C16H19ClN4O2S2/c1-10-7-21(8-11(2)23-10)14(22)9-24-16-20-19-15(25-16)18-13-5-3-4-12(17)6-13/h3-6,10-11H,7-9H2,1-2H3,(H,18,19)/t10-,11-/m1/s1. The van der Waals surface area contributed by atoms with Crippen LogP contribution in [0.1, 0.15) is 13.8 Å². The van der Waals surface area contributed by atoms with Crippen LogP contribution < -0.4 is 5.32 Å². The number of anilines is 2. The second-order valence-electron chi connectivity index (χ2n) is 5.85. The van der Waals surface area contributed by atoms with Crippen molar-refractivity contribution in [3.05, 3.63) is 29.3 Å². The maximum absolute atomic E-state index is 12.4. The van der Waals surface area contributed by atoms with Crippen molar-refractivity contribution in [2.24, 2.45) is 0 Å². The van der Waals surface area contributed by atoms with Crippen LogP contribution in [0, 0.1) is 0 Å². The quantitative estimate of drug-likeness (QED) is 0.775. The molecule has 134 valence electrons. The Morgan fingerprint density at radius 2 is 2.16 bits per heavy atom. The minimum absolute atomic E-state index is 0.0766. The molecular weight excluding hydrogens is 380 g/mol. The molecule has 1 N–H and O–H groups in total. The fourth-order valence-electron chi connectivity index (χ4n) is 2.60. The Morgan fingerprint density at radius 1 is 1.40 bits per heavy atom. The summed E-state index contributed by atoms with van der Waals surface area (Å²) in [6.07, 6.45) is 0.153. The average molecular weight is 399 g/mol. The fraction of sp³-hybridized carbons (Fsp3) is 0.438. The summed E-state index contributed by atoms with van der Waals surface area (Å²) < 4.78 is 6.42. The Bertz CT molecular complexity index is 732. The molecule has 3 rings (SSSR count). The zero-order chi connectivity index (χ0) is 17.8. The summed E-state index contributed by atoms with van der Waals surface area (Å²) in [5.41, 5.74) is 0.854. The number of benzene rings is 1. The number of rotatable bonds is 5. The molecule has 1 aromatic carbocycles. The smallest absolute Gasteiger partial charge is 0.233 e. The van der Waals surface area contributed by atoms with E-state index in [0.29, 0.717) is 29.0 Å². The summed E-state index contributed by atoms with van der Waals surface area (Å²) in [4.78, 5) is 14.2. The molecule has 2 heterocycles. The molecule has 1 aliphatic rings. The third-order valence-corrected chi connectivity index (χ3v) is 5.77. The van der Waals surface area contributed by atoms with E-state index in [9.17, 15) is 4.79 Å². The van der Waals surface area contributed by atoms with Gasteiger partial charge in [0.2, 0.25) is 11.0 Å². The first-order valence-corrected chi connectivity index (χ1v) is 10.1. The van der Waals surface area contributed by atoms with Crippen molar-refractivity contribution in [2.45, 2.75) is 30.4 Å². The van der Waals surface area contributed by atoms with Crippen molar-refractivity contribution in [1.82, 2.24) is 15.1 Å². The lowest BCUT2D eigenvalue weighted by Crippen LogP contribution is -2.48. The molecule has 1 amide bonds. The second kappa shape index (κ2) is 8.35. The molecule has 0 bridgehead atoms. The molecule has 0 radical (unpaired) electrons. The van der Waals surface area contributed by atoms with Gasteiger partial charge in [-0.25, -0.2) is 0 Å². The molecule has 2 atom stereocenters. The first kappa shape index (κ1) is 18.4. The van der Waals surface area contributed by atoms with Gasteiger partial charge in [0.25, 0.3) is 0 Å². The number of halogens is 1. The van der Waals surface area contributed by atoms with Gasteiger partial charge in [-0.05, 0) is 32.0 Å². The van der Waals surface area contributed by atoms with E-state index in [-0.39, 0.29) is 18.1 Å². The van der Waals surface area contributed by atoms with Gasteiger partial charge in [0.05, 0.1) is 18.0 Å². The average Bonchev–Trinajstić information content (AvgIpc) is 2.99. The first-order valence-electron chi connectivity index (χ1n) is 7.91. The lowest BCUT2D eigenvalue weighted by Gasteiger charge is -2.35. The number of amides is 1. The number of thioether (sulfide) groups is 1. The Kier molecular flexibility index (Phi) is 6.16. The van der Waals surface area contributed by atoms with Crippen LogP contribution >= 0.6 is 34.7 Å². The zero-order valence-electron chi connectivity index (χ0n) is 13.9. The highest BCUT2D eigenvalue weighted by atomic mass is 35.5. The van der Waals surface area contributed by atoms with Crippen molar-refractivity contribution in [1.29, 1.82) is 0 Å². The highest BCUT2D eigenvalue weighted by Gasteiger charge is 2.25. The summed E-state index contributed by atoms with van der Waals surface area (Å²) in [7, 11) is 0. The van der Waals surface area contributed by atoms with E-state index in [1.807, 2.05) is 43.0 Å². The first-order chi connectivity index (χ1) is 12.0. The highest BCUT2D eigenvalue weighted by Crippen LogP contribution is 2.28. The lowest BCUT2D eigenvalue weighted by molar-refractivity contribution is -0.140. The zero-order valence-corrected chi connectivity index (χ0v) is 16.3. The molecule has 1 aliphatic heterocycles. The summed E-state index contributed by atoms with van der Waals surface area (Å²) >= 11 is 8.79. The van der Waals surface area contributed by atoms with Gasteiger partial charge in [-0.15, -0.1) is 10.2 Å². The van der Waals surface area contributed by atoms with Crippen LogP contribution in [0.3, 0.4) is 0 Å². The Labute approximate surface area is 159 Å². The topological polar surface area (TPSA) is 67.4 Å². The predicted molar refractivity (Wildman–Crippen MR) is 102 cm³/mol. The Morgan fingerprint density at radius 3 is 2.88 bits per heavy atom. The van der Waals surface area contributed by atoms with E-state index in [1.165, 1.54) is 23.1 Å². The Balaban J connectivity index is 1.52. The molecule has 1 fully saturated rings. The van der Waals surface area contributed by atoms with Crippen molar-refractivity contribution in [2.75, 3.05) is 24.2 Å². The van der Waals surface area contributed by atoms with Gasteiger partial charge >= 0.3 is 0 Å². The SMILES string of the molecule is C[C@@H]1CN(C(=O)CSc2nnc(Nc3cccc(Cl)c3)s2)C[C@@H](C)O1. The van der Waals surface area contributed by atoms with E-state index in [1.54, 1.807) is 0 Å². The van der Waals surface area contributed by atoms with E-state index in [0.717, 1.165) is 10.0 Å². The molecular formula is C16H19ClN4O2S2. The van der Waals surface area contributed by atoms with E-state index < -0.39 is 0 Å². The fourth-order valence-corrected chi connectivity index (χ4v) is 4.47. The number of carbonyl (C=O) groups is 1. The number of carbonyl (C=O) groups excluding carboxylic acids is 1. The molecule has 9 heteroatoms. The van der Waals surface area contributed by atoms with Crippen molar-refractivity contribution in [3.8, 4) is 0 Å². The molecule has 6 nitrogen and oxygen atoms in total. The summed E-state index contributed by atoms with van der Waals surface area (Å²) in [6, 6.07) is 7.40. The number of morpholine rings is 1. The van der Waals surface area contributed by atoms with Crippen LogP contribution in [0.4, 0.5) is 10.8 Å². The van der Waals surface area contributed by atoms with Crippen LogP contribution in [0.25, 0.3) is 0 Å². The van der Waals surface area contributed by atoms with Crippen LogP contribution in [0.5, 0.6) is 0 Å². The summed E-state index contributed by atoms with van der Waals surface area (Å²) in [5.74, 6) is 0.456. The number of ether oxygens (including phenoxy) is 1. The predicted octanol–water partition coefficient (Wildman–Crippen LogP) is 3.66. The number of aromatic nitrogens is 2. The van der Waals surface area contributed by atoms with Gasteiger partial charge in [0.15, 0.2) is 4.34 Å². The van der Waals surface area contributed by atoms with Gasteiger partial charge in [-0.2, -0.15) is 0 Å². The van der Waals surface area contributed by atoms with Crippen LogP contribution in [-0.2, 0) is 9.53 Å². The number of hydrogen-bond acceptors (Lipinski definition) is 7. The van der Waals surface area contributed by atoms with Crippen LogP contribution in [0.15, 0.2) is 28.6 Å². The molecule has 0 unspecified atom stereocenters. The second-order valence-corrected chi connectivity index (χ2v) is 8.49. The maximum Gasteiger partial charge on any atom is 0.233 e. The van der Waals surface area contributed by atoms with Crippen LogP contribution in [0.2, 0.25) is 5.02 Å². The number of nitrogens with zero attached hydrogens (tertiary/aromatic N) is 3. The molecule has 25 heavy (non-hydrogen) atoms. The van der Waals surface area contributed by atoms with Gasteiger partial charge in [0.1, 0.15) is 0 Å². The van der Waals surface area contributed by atoms with Gasteiger partial charge in [-0.1, -0.05) is 40.8 Å².